The summed E-state index contributed by atoms with van der Waals surface area (Å²) >= 11 is 2.31. The zero-order valence-corrected chi connectivity index (χ0v) is 15.4. The van der Waals surface area contributed by atoms with Gasteiger partial charge in [-0.2, -0.15) is 0 Å². The molecule has 2 aromatic rings. The Morgan fingerprint density at radius 1 is 1.09 bits per heavy atom. The lowest BCUT2D eigenvalue weighted by Gasteiger charge is -2.27. The van der Waals surface area contributed by atoms with Crippen LogP contribution in [0.4, 0.5) is 0 Å². The van der Waals surface area contributed by atoms with Gasteiger partial charge in [0.05, 0.1) is 6.04 Å². The first kappa shape index (κ1) is 17.0. The molecule has 2 nitrogen and oxygen atoms in total. The van der Waals surface area contributed by atoms with Crippen LogP contribution in [0.15, 0.2) is 54.6 Å². The molecule has 0 fully saturated rings. The van der Waals surface area contributed by atoms with E-state index in [0.29, 0.717) is 5.56 Å². The Labute approximate surface area is 146 Å². The van der Waals surface area contributed by atoms with E-state index in [9.17, 15) is 4.79 Å². The summed E-state index contributed by atoms with van der Waals surface area (Å²) < 4.78 is 1.18. The van der Waals surface area contributed by atoms with Crippen molar-refractivity contribution in [2.75, 3.05) is 0 Å². The molecule has 116 valence electrons. The molecule has 0 bridgehead atoms. The number of hydrogen-bond donors (Lipinski definition) is 1. The maximum absolute atomic E-state index is 12.5. The molecule has 0 aromatic heterocycles. The van der Waals surface area contributed by atoms with Crippen molar-refractivity contribution < 1.29 is 4.79 Å². The Kier molecular flexibility index (Phi) is 5.62. The first-order valence-electron chi connectivity index (χ1n) is 7.46. The highest BCUT2D eigenvalue weighted by atomic mass is 127. The minimum absolute atomic E-state index is 0.0161. The number of carbonyl (C=O) groups is 1. The van der Waals surface area contributed by atoms with Gasteiger partial charge in [-0.25, -0.2) is 0 Å². The topological polar surface area (TPSA) is 29.1 Å². The summed E-state index contributed by atoms with van der Waals surface area (Å²) in [6, 6.07) is 17.7. The molecule has 0 aliphatic rings. The fourth-order valence-corrected chi connectivity index (χ4v) is 2.99. The van der Waals surface area contributed by atoms with Gasteiger partial charge in [0.15, 0.2) is 0 Å². The third kappa shape index (κ3) is 5.13. The van der Waals surface area contributed by atoms with Crippen molar-refractivity contribution in [3.8, 4) is 0 Å². The third-order valence-electron chi connectivity index (χ3n) is 3.41. The summed E-state index contributed by atoms with van der Waals surface area (Å²) in [6.07, 6.45) is 0.895. The first-order chi connectivity index (χ1) is 10.3. The van der Waals surface area contributed by atoms with Gasteiger partial charge in [0.1, 0.15) is 0 Å². The predicted molar refractivity (Wildman–Crippen MR) is 99.9 cm³/mol. The van der Waals surface area contributed by atoms with E-state index in [1.165, 1.54) is 3.57 Å². The van der Waals surface area contributed by atoms with Gasteiger partial charge in [-0.1, -0.05) is 51.1 Å². The van der Waals surface area contributed by atoms with Gasteiger partial charge in [0.2, 0.25) is 0 Å². The van der Waals surface area contributed by atoms with Crippen LogP contribution in [0.25, 0.3) is 0 Å². The highest BCUT2D eigenvalue weighted by Gasteiger charge is 2.22. The summed E-state index contributed by atoms with van der Waals surface area (Å²) in [6.45, 7) is 6.59. The quantitative estimate of drug-likeness (QED) is 0.694. The molecule has 1 amide bonds. The van der Waals surface area contributed by atoms with Crippen LogP contribution >= 0.6 is 22.6 Å². The molecule has 3 heteroatoms. The van der Waals surface area contributed by atoms with E-state index in [0.717, 1.165) is 12.0 Å². The lowest BCUT2D eigenvalue weighted by molar-refractivity contribution is 0.0926. The Morgan fingerprint density at radius 3 is 2.36 bits per heavy atom. The van der Waals surface area contributed by atoms with Gasteiger partial charge in [-0.3, -0.25) is 4.79 Å². The Balaban J connectivity index is 2.23. The molecule has 0 aliphatic carbocycles. The van der Waals surface area contributed by atoms with E-state index in [2.05, 4.69) is 66.9 Å². The van der Waals surface area contributed by atoms with Crippen LogP contribution in [0.3, 0.4) is 0 Å². The van der Waals surface area contributed by atoms with Crippen molar-refractivity contribution in [2.45, 2.75) is 33.2 Å². The van der Waals surface area contributed by atoms with Crippen molar-refractivity contribution in [2.24, 2.45) is 5.41 Å². The van der Waals surface area contributed by atoms with E-state index < -0.39 is 0 Å². The van der Waals surface area contributed by atoms with Gasteiger partial charge in [0, 0.05) is 9.13 Å². The van der Waals surface area contributed by atoms with Crippen molar-refractivity contribution in [3.63, 3.8) is 0 Å². The number of hydrogen-bond acceptors (Lipinski definition) is 1. The summed E-state index contributed by atoms with van der Waals surface area (Å²) in [5.41, 5.74) is 1.99. The van der Waals surface area contributed by atoms with Crippen LogP contribution < -0.4 is 5.32 Å². The average molecular weight is 407 g/mol. The highest BCUT2D eigenvalue weighted by molar-refractivity contribution is 14.1. The Morgan fingerprint density at radius 2 is 1.77 bits per heavy atom. The van der Waals surface area contributed by atoms with Gasteiger partial charge in [0.25, 0.3) is 5.91 Å². The highest BCUT2D eigenvalue weighted by Crippen LogP contribution is 2.30. The monoisotopic (exact) mass is 407 g/mol. The minimum atomic E-state index is -0.0197. The van der Waals surface area contributed by atoms with Crippen molar-refractivity contribution in [3.05, 3.63) is 69.3 Å². The number of rotatable bonds is 4. The van der Waals surface area contributed by atoms with Crippen molar-refractivity contribution >= 4 is 28.5 Å². The Bertz CT molecular complexity index is 631. The number of amides is 1. The van der Waals surface area contributed by atoms with Crippen LogP contribution in [0.1, 0.15) is 49.2 Å². The van der Waals surface area contributed by atoms with Crippen LogP contribution in [0.2, 0.25) is 0 Å². The summed E-state index contributed by atoms with van der Waals surface area (Å²) in [4.78, 5) is 12.5. The third-order valence-corrected chi connectivity index (χ3v) is 4.08. The normalized spacial score (nSPS) is 12.7. The summed E-state index contributed by atoms with van der Waals surface area (Å²) in [5.74, 6) is -0.0197. The van der Waals surface area contributed by atoms with E-state index >= 15 is 0 Å². The SMILES string of the molecule is CC(C)(C)CC(NC(=O)c1ccccc1)c1cccc(I)c1. The number of carbonyl (C=O) groups excluding carboxylic acids is 1. The average Bonchev–Trinajstić information content (AvgIpc) is 2.46. The maximum atomic E-state index is 12.5. The van der Waals surface area contributed by atoms with Gasteiger partial charge >= 0.3 is 0 Å². The zero-order chi connectivity index (χ0) is 16.2. The van der Waals surface area contributed by atoms with Gasteiger partial charge in [-0.15, -0.1) is 0 Å². The minimum Gasteiger partial charge on any atom is -0.345 e. The lowest BCUT2D eigenvalue weighted by atomic mass is 9.85. The smallest absolute Gasteiger partial charge is 0.251 e. The number of nitrogens with one attached hydrogen (secondary N) is 1. The molecule has 0 aliphatic heterocycles. The molecule has 22 heavy (non-hydrogen) atoms. The molecular formula is C19H22INO. The Hall–Kier alpha value is -1.36. The molecule has 1 N–H and O–H groups in total. The number of benzene rings is 2. The second-order valence-corrected chi connectivity index (χ2v) is 7.96. The van der Waals surface area contributed by atoms with Gasteiger partial charge < -0.3 is 5.32 Å². The largest absolute Gasteiger partial charge is 0.345 e. The van der Waals surface area contributed by atoms with Crippen LogP contribution in [-0.4, -0.2) is 5.91 Å². The van der Waals surface area contributed by atoms with E-state index in [1.807, 2.05) is 36.4 Å². The molecule has 0 saturated carbocycles. The second kappa shape index (κ2) is 7.27. The fraction of sp³-hybridized carbons (Fsp3) is 0.316. The molecule has 0 spiro atoms. The van der Waals surface area contributed by atoms with E-state index in [-0.39, 0.29) is 17.4 Å². The van der Waals surface area contributed by atoms with Crippen molar-refractivity contribution in [1.82, 2.24) is 5.32 Å². The summed E-state index contributed by atoms with van der Waals surface area (Å²) in [7, 11) is 0. The molecule has 1 unspecified atom stereocenters. The predicted octanol–water partition coefficient (Wildman–Crippen LogP) is 5.20. The second-order valence-electron chi connectivity index (χ2n) is 6.71. The lowest BCUT2D eigenvalue weighted by Crippen LogP contribution is -2.31. The van der Waals surface area contributed by atoms with Crippen LogP contribution in [0, 0.1) is 8.99 Å². The molecule has 1 atom stereocenters. The molecule has 0 heterocycles. The van der Waals surface area contributed by atoms with Crippen molar-refractivity contribution in [1.29, 1.82) is 0 Å². The van der Waals surface area contributed by atoms with E-state index in [1.54, 1.807) is 0 Å². The molecular weight excluding hydrogens is 385 g/mol. The van der Waals surface area contributed by atoms with E-state index in [4.69, 9.17) is 0 Å². The molecule has 0 saturated heterocycles. The van der Waals surface area contributed by atoms with Crippen LogP contribution in [-0.2, 0) is 0 Å². The summed E-state index contributed by atoms with van der Waals surface area (Å²) in [5, 5.41) is 3.19. The maximum Gasteiger partial charge on any atom is 0.251 e. The van der Waals surface area contributed by atoms with Crippen LogP contribution in [0.5, 0.6) is 0 Å². The number of halogens is 1. The van der Waals surface area contributed by atoms with Gasteiger partial charge in [-0.05, 0) is 64.3 Å². The molecule has 0 radical (unpaired) electrons. The standard InChI is InChI=1S/C19H22INO/c1-19(2,3)13-17(15-10-7-11-16(20)12-15)21-18(22)14-8-5-4-6-9-14/h4-12,17H,13H2,1-3H3,(H,21,22). The molecule has 2 aromatic carbocycles. The first-order valence-corrected chi connectivity index (χ1v) is 8.54. The zero-order valence-electron chi connectivity index (χ0n) is 13.3. The fourth-order valence-electron chi connectivity index (χ4n) is 2.42. The molecule has 2 rings (SSSR count).